The Bertz CT molecular complexity index is 767. The molecule has 2 atom stereocenters. The van der Waals surface area contributed by atoms with Gasteiger partial charge >= 0.3 is 0 Å². The van der Waals surface area contributed by atoms with Crippen LogP contribution in [0.5, 0.6) is 0 Å². The van der Waals surface area contributed by atoms with E-state index in [0.29, 0.717) is 5.16 Å². The topological polar surface area (TPSA) is 54.9 Å². The quantitative estimate of drug-likeness (QED) is 0.663. The molecule has 4 nitrogen and oxygen atoms in total. The van der Waals surface area contributed by atoms with Crippen molar-refractivity contribution in [1.82, 2.24) is 15.3 Å². The Labute approximate surface area is 153 Å². The Hall–Kier alpha value is -1.88. The number of aromatic nitrogens is 2. The van der Waals surface area contributed by atoms with Gasteiger partial charge in [-0.05, 0) is 63.6 Å². The van der Waals surface area contributed by atoms with E-state index in [0.717, 1.165) is 36.2 Å². The molecule has 3 rings (SSSR count). The number of hydrogen-bond acceptors (Lipinski definition) is 4. The molecule has 0 radical (unpaired) electrons. The van der Waals surface area contributed by atoms with Gasteiger partial charge in [-0.15, -0.1) is 0 Å². The van der Waals surface area contributed by atoms with Crippen molar-refractivity contribution < 1.29 is 4.79 Å². The molecule has 1 aliphatic rings. The lowest BCUT2D eigenvalue weighted by Crippen LogP contribution is -2.36. The molecule has 1 aromatic heterocycles. The third-order valence-corrected chi connectivity index (χ3v) is 5.91. The predicted molar refractivity (Wildman–Crippen MR) is 102 cm³/mol. The monoisotopic (exact) mass is 355 g/mol. The summed E-state index contributed by atoms with van der Waals surface area (Å²) in [4.78, 5) is 21.7. The first-order chi connectivity index (χ1) is 12.0. The van der Waals surface area contributed by atoms with E-state index in [2.05, 4.69) is 33.5 Å². The third kappa shape index (κ3) is 4.03. The summed E-state index contributed by atoms with van der Waals surface area (Å²) < 4.78 is 0. The van der Waals surface area contributed by atoms with E-state index in [1.54, 1.807) is 0 Å². The van der Waals surface area contributed by atoms with Gasteiger partial charge < -0.3 is 5.32 Å². The zero-order valence-corrected chi connectivity index (χ0v) is 16.1. The van der Waals surface area contributed by atoms with E-state index in [1.807, 2.05) is 33.8 Å². The van der Waals surface area contributed by atoms with Crippen LogP contribution in [0.2, 0.25) is 0 Å². The molecule has 0 spiro atoms. The van der Waals surface area contributed by atoms with E-state index < -0.39 is 0 Å². The van der Waals surface area contributed by atoms with Gasteiger partial charge in [0.1, 0.15) is 0 Å². The minimum atomic E-state index is -0.226. The molecule has 1 aliphatic carbocycles. The predicted octanol–water partition coefficient (Wildman–Crippen LogP) is 4.08. The molecule has 1 heterocycles. The summed E-state index contributed by atoms with van der Waals surface area (Å²) in [7, 11) is 0. The molecule has 1 amide bonds. The number of benzene rings is 1. The van der Waals surface area contributed by atoms with Crippen LogP contribution >= 0.6 is 11.8 Å². The zero-order chi connectivity index (χ0) is 18.0. The number of carbonyl (C=O) groups is 1. The van der Waals surface area contributed by atoms with Crippen molar-refractivity contribution in [2.75, 3.05) is 0 Å². The molecule has 1 N–H and O–H groups in total. The molecule has 0 bridgehead atoms. The Morgan fingerprint density at radius 1 is 1.20 bits per heavy atom. The zero-order valence-electron chi connectivity index (χ0n) is 15.3. The van der Waals surface area contributed by atoms with Crippen molar-refractivity contribution in [3.63, 3.8) is 0 Å². The molecule has 132 valence electrons. The van der Waals surface area contributed by atoms with E-state index >= 15 is 0 Å². The van der Waals surface area contributed by atoms with Crippen LogP contribution in [0.1, 0.15) is 53.9 Å². The Balaban J connectivity index is 1.68. The lowest BCUT2D eigenvalue weighted by Gasteiger charge is -2.27. The lowest BCUT2D eigenvalue weighted by atomic mass is 9.88. The van der Waals surface area contributed by atoms with Crippen LogP contribution < -0.4 is 5.32 Å². The van der Waals surface area contributed by atoms with Crippen molar-refractivity contribution in [1.29, 1.82) is 0 Å². The fourth-order valence-electron chi connectivity index (χ4n) is 3.20. The number of nitrogens with one attached hydrogen (secondary N) is 1. The molecule has 0 unspecified atom stereocenters. The molecule has 0 fully saturated rings. The Morgan fingerprint density at radius 2 is 1.88 bits per heavy atom. The second kappa shape index (κ2) is 7.56. The number of aryl methyl sites for hydroxylation is 3. The highest BCUT2D eigenvalue weighted by atomic mass is 32.2. The maximum atomic E-state index is 12.7. The smallest absolute Gasteiger partial charge is 0.233 e. The summed E-state index contributed by atoms with van der Waals surface area (Å²) in [5.41, 5.74) is 5.68. The SMILES string of the molecule is Cc1nc(S[C@@H](C)C(=O)N[C@H]2CCCc3ccccc32)nc(C)c1C. The first-order valence-corrected chi connectivity index (χ1v) is 9.70. The molecule has 0 aliphatic heterocycles. The summed E-state index contributed by atoms with van der Waals surface area (Å²) in [5.74, 6) is 0.0474. The fourth-order valence-corrected chi connectivity index (χ4v) is 4.07. The van der Waals surface area contributed by atoms with Crippen LogP contribution in [0, 0.1) is 20.8 Å². The Morgan fingerprint density at radius 3 is 2.60 bits per heavy atom. The molecular formula is C20H25N3OS. The van der Waals surface area contributed by atoms with Crippen LogP contribution in [-0.2, 0) is 11.2 Å². The van der Waals surface area contributed by atoms with Crippen molar-refractivity contribution in [3.05, 3.63) is 52.3 Å². The average Bonchev–Trinajstić information content (AvgIpc) is 2.60. The van der Waals surface area contributed by atoms with Gasteiger partial charge in [0.05, 0.1) is 11.3 Å². The van der Waals surface area contributed by atoms with Crippen molar-refractivity contribution >= 4 is 17.7 Å². The van der Waals surface area contributed by atoms with Crippen molar-refractivity contribution in [2.45, 2.75) is 63.4 Å². The maximum Gasteiger partial charge on any atom is 0.233 e. The first-order valence-electron chi connectivity index (χ1n) is 8.82. The number of carbonyl (C=O) groups excluding carboxylic acids is 1. The van der Waals surface area contributed by atoms with E-state index in [9.17, 15) is 4.79 Å². The Kier molecular flexibility index (Phi) is 5.42. The standard InChI is InChI=1S/C20H25N3OS/c1-12-13(2)21-20(22-14(12)3)25-15(4)19(24)23-18-11-7-9-16-8-5-6-10-17(16)18/h5-6,8,10,15,18H,7,9,11H2,1-4H3,(H,23,24)/t15-,18-/m0/s1. The molecule has 1 aromatic carbocycles. The highest BCUT2D eigenvalue weighted by molar-refractivity contribution is 8.00. The highest BCUT2D eigenvalue weighted by Crippen LogP contribution is 2.30. The molecule has 0 saturated carbocycles. The minimum Gasteiger partial charge on any atom is -0.348 e. The summed E-state index contributed by atoms with van der Waals surface area (Å²) in [6.45, 7) is 7.91. The molecule has 25 heavy (non-hydrogen) atoms. The van der Waals surface area contributed by atoms with Crippen LogP contribution in [0.3, 0.4) is 0 Å². The van der Waals surface area contributed by atoms with Crippen LogP contribution in [0.4, 0.5) is 0 Å². The van der Waals surface area contributed by atoms with Crippen LogP contribution in [0.15, 0.2) is 29.4 Å². The van der Waals surface area contributed by atoms with Gasteiger partial charge in [-0.2, -0.15) is 0 Å². The molecular weight excluding hydrogens is 330 g/mol. The average molecular weight is 356 g/mol. The fraction of sp³-hybridized carbons (Fsp3) is 0.450. The molecule has 2 aromatic rings. The minimum absolute atomic E-state index is 0.0474. The summed E-state index contributed by atoms with van der Waals surface area (Å²) in [6.07, 6.45) is 3.21. The van der Waals surface area contributed by atoms with Gasteiger partial charge in [0.25, 0.3) is 0 Å². The maximum absolute atomic E-state index is 12.7. The van der Waals surface area contributed by atoms with Gasteiger partial charge in [-0.1, -0.05) is 36.0 Å². The largest absolute Gasteiger partial charge is 0.348 e. The highest BCUT2D eigenvalue weighted by Gasteiger charge is 2.24. The number of fused-ring (bicyclic) bond motifs is 1. The molecule has 0 saturated heterocycles. The van der Waals surface area contributed by atoms with Gasteiger partial charge in [0.15, 0.2) is 5.16 Å². The number of nitrogens with zero attached hydrogens (tertiary/aromatic N) is 2. The lowest BCUT2D eigenvalue weighted by molar-refractivity contribution is -0.121. The van der Waals surface area contributed by atoms with Crippen LogP contribution in [0.25, 0.3) is 0 Å². The third-order valence-electron chi connectivity index (χ3n) is 4.95. The van der Waals surface area contributed by atoms with E-state index in [4.69, 9.17) is 0 Å². The van der Waals surface area contributed by atoms with Gasteiger partial charge in [-0.25, -0.2) is 9.97 Å². The molecule has 5 heteroatoms. The number of amides is 1. The number of rotatable bonds is 4. The second-order valence-corrected chi connectivity index (χ2v) is 8.02. The summed E-state index contributed by atoms with van der Waals surface area (Å²) in [6, 6.07) is 8.53. The first kappa shape index (κ1) is 17.9. The van der Waals surface area contributed by atoms with E-state index in [1.165, 1.54) is 22.9 Å². The van der Waals surface area contributed by atoms with Crippen LogP contribution in [-0.4, -0.2) is 21.1 Å². The summed E-state index contributed by atoms with van der Waals surface area (Å²) >= 11 is 1.42. The second-order valence-electron chi connectivity index (χ2n) is 6.71. The van der Waals surface area contributed by atoms with E-state index in [-0.39, 0.29) is 17.2 Å². The number of thioether (sulfide) groups is 1. The van der Waals surface area contributed by atoms with Crippen molar-refractivity contribution in [2.24, 2.45) is 0 Å². The van der Waals surface area contributed by atoms with Gasteiger partial charge in [0.2, 0.25) is 5.91 Å². The normalized spacial score (nSPS) is 17.7. The summed E-state index contributed by atoms with van der Waals surface area (Å²) in [5, 5.41) is 3.67. The van der Waals surface area contributed by atoms with Gasteiger partial charge in [-0.3, -0.25) is 4.79 Å². The number of hydrogen-bond donors (Lipinski definition) is 1. The van der Waals surface area contributed by atoms with Crippen molar-refractivity contribution in [3.8, 4) is 0 Å². The van der Waals surface area contributed by atoms with Gasteiger partial charge in [0, 0.05) is 11.4 Å².